The minimum atomic E-state index is -2.96. The van der Waals surface area contributed by atoms with Gasteiger partial charge in [-0.3, -0.25) is 4.79 Å². The third kappa shape index (κ3) is 4.44. The van der Waals surface area contributed by atoms with Crippen LogP contribution >= 0.6 is 0 Å². The summed E-state index contributed by atoms with van der Waals surface area (Å²) in [6, 6.07) is 9.68. The van der Waals surface area contributed by atoms with Crippen LogP contribution in [0.15, 0.2) is 36.4 Å². The highest BCUT2D eigenvalue weighted by Crippen LogP contribution is 2.30. The smallest absolute Gasteiger partial charge is 0.387 e. The molecule has 0 aliphatic rings. The lowest BCUT2D eigenvalue weighted by atomic mass is 10.1. The Morgan fingerprint density at radius 3 is 2.46 bits per heavy atom. The van der Waals surface area contributed by atoms with E-state index >= 15 is 0 Å². The van der Waals surface area contributed by atoms with Crippen molar-refractivity contribution in [2.45, 2.75) is 27.4 Å². The summed E-state index contributed by atoms with van der Waals surface area (Å²) in [5.41, 5.74) is 3.14. The quantitative estimate of drug-likeness (QED) is 0.842. The van der Waals surface area contributed by atoms with Crippen LogP contribution in [-0.2, 0) is 0 Å². The molecule has 2 rings (SSSR count). The van der Waals surface area contributed by atoms with Crippen LogP contribution in [-0.4, -0.2) is 19.1 Å². The lowest BCUT2D eigenvalue weighted by molar-refractivity contribution is -0.0514. The van der Waals surface area contributed by atoms with Gasteiger partial charge in [0.15, 0.2) is 11.5 Å². The molecule has 128 valence electrons. The van der Waals surface area contributed by atoms with E-state index in [1.807, 2.05) is 26.0 Å². The average molecular weight is 335 g/mol. The number of ether oxygens (including phenoxy) is 2. The summed E-state index contributed by atoms with van der Waals surface area (Å²) in [6.45, 7) is 2.96. The maximum Gasteiger partial charge on any atom is 0.387 e. The molecule has 0 aliphatic heterocycles. The number of benzene rings is 2. The zero-order valence-electron chi connectivity index (χ0n) is 13.7. The summed E-state index contributed by atoms with van der Waals surface area (Å²) in [5.74, 6) is -0.358. The molecule has 6 heteroatoms. The first-order valence-corrected chi connectivity index (χ1v) is 7.51. The maximum atomic E-state index is 12.4. The number of nitrogens with one attached hydrogen (secondary N) is 1. The Labute approximate surface area is 139 Å². The van der Waals surface area contributed by atoms with Gasteiger partial charge < -0.3 is 14.8 Å². The lowest BCUT2D eigenvalue weighted by Crippen LogP contribution is -2.13. The Hall–Kier alpha value is -2.63. The zero-order valence-corrected chi connectivity index (χ0v) is 13.7. The van der Waals surface area contributed by atoms with E-state index in [1.54, 1.807) is 13.0 Å². The molecule has 2 aromatic carbocycles. The average Bonchev–Trinajstić information content (AvgIpc) is 2.52. The first-order chi connectivity index (χ1) is 11.4. The summed E-state index contributed by atoms with van der Waals surface area (Å²) < 4.78 is 34.5. The van der Waals surface area contributed by atoms with Crippen LogP contribution in [0.5, 0.6) is 11.5 Å². The van der Waals surface area contributed by atoms with E-state index in [0.29, 0.717) is 11.3 Å². The van der Waals surface area contributed by atoms with Gasteiger partial charge in [0.05, 0.1) is 6.61 Å². The second kappa shape index (κ2) is 7.77. The molecule has 0 radical (unpaired) electrons. The van der Waals surface area contributed by atoms with Crippen LogP contribution in [0.2, 0.25) is 0 Å². The fourth-order valence-corrected chi connectivity index (χ4v) is 2.13. The van der Waals surface area contributed by atoms with Crippen molar-refractivity contribution in [1.29, 1.82) is 0 Å². The van der Waals surface area contributed by atoms with E-state index in [4.69, 9.17) is 4.74 Å². The standard InChI is InChI=1S/C18H19F2NO3/c1-4-23-16-10-13(6-8-15(16)24-18(19)20)17(22)21-14-7-5-11(2)12(3)9-14/h5-10,18H,4H2,1-3H3,(H,21,22). The number of hydrogen-bond acceptors (Lipinski definition) is 3. The van der Waals surface area contributed by atoms with Crippen LogP contribution in [0.4, 0.5) is 14.5 Å². The molecule has 0 spiro atoms. The Morgan fingerprint density at radius 2 is 1.83 bits per heavy atom. The highest BCUT2D eigenvalue weighted by molar-refractivity contribution is 6.04. The number of alkyl halides is 2. The molecule has 0 bridgehead atoms. The number of rotatable bonds is 6. The second-order valence-corrected chi connectivity index (χ2v) is 5.23. The Kier molecular flexibility index (Phi) is 5.73. The molecule has 0 aliphatic carbocycles. The number of halogens is 2. The van der Waals surface area contributed by atoms with E-state index < -0.39 is 6.61 Å². The molecule has 0 aromatic heterocycles. The van der Waals surface area contributed by atoms with Gasteiger partial charge in [0, 0.05) is 11.3 Å². The molecule has 0 saturated carbocycles. The normalized spacial score (nSPS) is 10.6. The molecule has 0 atom stereocenters. The molecule has 2 aromatic rings. The highest BCUT2D eigenvalue weighted by atomic mass is 19.3. The minimum absolute atomic E-state index is 0.102. The lowest BCUT2D eigenvalue weighted by Gasteiger charge is -2.13. The number of hydrogen-bond donors (Lipinski definition) is 1. The van der Waals surface area contributed by atoms with Gasteiger partial charge in [0.25, 0.3) is 5.91 Å². The summed E-state index contributed by atoms with van der Waals surface area (Å²) in [7, 11) is 0. The predicted octanol–water partition coefficient (Wildman–Crippen LogP) is 4.56. The Balaban J connectivity index is 2.22. The van der Waals surface area contributed by atoms with Crippen molar-refractivity contribution >= 4 is 11.6 Å². The van der Waals surface area contributed by atoms with Crippen LogP contribution in [0.3, 0.4) is 0 Å². The summed E-state index contributed by atoms with van der Waals surface area (Å²) in [4.78, 5) is 12.3. The molecule has 0 saturated heterocycles. The van der Waals surface area contributed by atoms with Crippen molar-refractivity contribution < 1.29 is 23.0 Å². The molecule has 4 nitrogen and oxygen atoms in total. The van der Waals surface area contributed by atoms with Gasteiger partial charge >= 0.3 is 6.61 Å². The Morgan fingerprint density at radius 1 is 1.08 bits per heavy atom. The highest BCUT2D eigenvalue weighted by Gasteiger charge is 2.15. The van der Waals surface area contributed by atoms with Gasteiger partial charge in [-0.1, -0.05) is 6.07 Å². The van der Waals surface area contributed by atoms with Gasteiger partial charge in [-0.2, -0.15) is 8.78 Å². The maximum absolute atomic E-state index is 12.4. The number of aryl methyl sites for hydroxylation is 2. The summed E-state index contributed by atoms with van der Waals surface area (Å²) in [5, 5.41) is 2.77. The second-order valence-electron chi connectivity index (χ2n) is 5.23. The largest absolute Gasteiger partial charge is 0.490 e. The van der Waals surface area contributed by atoms with Crippen molar-refractivity contribution in [3.05, 3.63) is 53.1 Å². The fourth-order valence-electron chi connectivity index (χ4n) is 2.13. The number of carbonyl (C=O) groups excluding carboxylic acids is 1. The van der Waals surface area contributed by atoms with Crippen LogP contribution in [0, 0.1) is 13.8 Å². The minimum Gasteiger partial charge on any atom is -0.490 e. The summed E-state index contributed by atoms with van der Waals surface area (Å²) in [6.07, 6.45) is 0. The van der Waals surface area contributed by atoms with Crippen molar-refractivity contribution in [2.24, 2.45) is 0 Å². The summed E-state index contributed by atoms with van der Waals surface area (Å²) >= 11 is 0. The topological polar surface area (TPSA) is 47.6 Å². The zero-order chi connectivity index (χ0) is 17.7. The first kappa shape index (κ1) is 17.7. The van der Waals surface area contributed by atoms with Gasteiger partial charge in [-0.15, -0.1) is 0 Å². The van der Waals surface area contributed by atoms with E-state index in [-0.39, 0.29) is 24.0 Å². The van der Waals surface area contributed by atoms with Crippen molar-refractivity contribution in [2.75, 3.05) is 11.9 Å². The SMILES string of the molecule is CCOc1cc(C(=O)Nc2ccc(C)c(C)c2)ccc1OC(F)F. The van der Waals surface area contributed by atoms with Crippen LogP contribution in [0.25, 0.3) is 0 Å². The predicted molar refractivity (Wildman–Crippen MR) is 88.1 cm³/mol. The van der Waals surface area contributed by atoms with Crippen molar-refractivity contribution in [3.8, 4) is 11.5 Å². The van der Waals surface area contributed by atoms with Crippen LogP contribution < -0.4 is 14.8 Å². The van der Waals surface area contributed by atoms with Gasteiger partial charge in [0.1, 0.15) is 0 Å². The van der Waals surface area contributed by atoms with Gasteiger partial charge in [0.2, 0.25) is 0 Å². The molecular weight excluding hydrogens is 316 g/mol. The third-order valence-corrected chi connectivity index (χ3v) is 3.49. The van der Waals surface area contributed by atoms with Crippen LogP contribution in [0.1, 0.15) is 28.4 Å². The molecule has 0 heterocycles. The monoisotopic (exact) mass is 335 g/mol. The number of carbonyl (C=O) groups is 1. The number of anilines is 1. The van der Waals surface area contributed by atoms with Gasteiger partial charge in [-0.25, -0.2) is 0 Å². The molecule has 1 amide bonds. The van der Waals surface area contributed by atoms with E-state index in [9.17, 15) is 13.6 Å². The molecule has 0 fully saturated rings. The fraction of sp³-hybridized carbons (Fsp3) is 0.278. The van der Waals surface area contributed by atoms with Crippen molar-refractivity contribution in [3.63, 3.8) is 0 Å². The first-order valence-electron chi connectivity index (χ1n) is 7.51. The molecular formula is C18H19F2NO3. The Bertz CT molecular complexity index is 732. The van der Waals surface area contributed by atoms with Gasteiger partial charge in [-0.05, 0) is 62.2 Å². The van der Waals surface area contributed by atoms with E-state index in [0.717, 1.165) is 11.1 Å². The van der Waals surface area contributed by atoms with E-state index in [1.165, 1.54) is 18.2 Å². The molecule has 1 N–H and O–H groups in total. The molecule has 0 unspecified atom stereocenters. The van der Waals surface area contributed by atoms with Crippen molar-refractivity contribution in [1.82, 2.24) is 0 Å². The molecule has 24 heavy (non-hydrogen) atoms. The third-order valence-electron chi connectivity index (χ3n) is 3.49. The number of amides is 1. The van der Waals surface area contributed by atoms with E-state index in [2.05, 4.69) is 10.1 Å².